The van der Waals surface area contributed by atoms with Crippen LogP contribution in [0.25, 0.3) is 0 Å². The summed E-state index contributed by atoms with van der Waals surface area (Å²) in [6.45, 7) is 2.99. The first-order valence-electron chi connectivity index (χ1n) is 31.7. The van der Waals surface area contributed by atoms with Gasteiger partial charge in [0.1, 0.15) is 16.1 Å². The fraction of sp³-hybridized carbons (Fsp3) is 0.742. The zero-order valence-corrected chi connectivity index (χ0v) is 48.5. The number of guanidine groups is 1. The maximum absolute atomic E-state index is 15.0. The second-order valence-corrected chi connectivity index (χ2v) is 31.0. The van der Waals surface area contributed by atoms with Gasteiger partial charge in [0, 0.05) is 78.9 Å². The quantitative estimate of drug-likeness (QED) is 0.130. The van der Waals surface area contributed by atoms with Crippen molar-refractivity contribution in [3.8, 4) is 11.5 Å². The van der Waals surface area contributed by atoms with Crippen molar-refractivity contribution in [3.05, 3.63) is 70.8 Å². The van der Waals surface area contributed by atoms with Crippen molar-refractivity contribution in [3.63, 3.8) is 0 Å². The number of hydrogen-bond acceptors (Lipinski definition) is 11. The van der Waals surface area contributed by atoms with Gasteiger partial charge in [-0.15, -0.1) is 0 Å². The summed E-state index contributed by atoms with van der Waals surface area (Å²) in [6, 6.07) is 13.1. The maximum Gasteiger partial charge on any atom is 0.303 e. The number of aliphatic hydroxyl groups excluding tert-OH is 1. The van der Waals surface area contributed by atoms with Crippen molar-refractivity contribution in [2.24, 2.45) is 62.0 Å². The molecule has 15 aliphatic rings. The smallest absolute Gasteiger partial charge is 0.303 e. The number of rotatable bonds is 2. The molecule has 2 aromatic carbocycles. The predicted octanol–water partition coefficient (Wildman–Crippen LogP) is 13.6. The molecular formula is C66H90N4O6S2. The zero-order chi connectivity index (χ0) is 53.1. The normalized spacial score (nSPS) is 41.5. The molecule has 0 aromatic heterocycles. The molecule has 10 nitrogen and oxygen atoms in total. The number of nitrogens with one attached hydrogen (secondary N) is 1. The van der Waals surface area contributed by atoms with Gasteiger partial charge in [-0.25, -0.2) is 0 Å². The number of aliphatic imine (C=N–C) groups is 1. The van der Waals surface area contributed by atoms with Gasteiger partial charge in [-0.2, -0.15) is 0 Å². The average Bonchev–Trinajstić information content (AvgIpc) is 4.50. The summed E-state index contributed by atoms with van der Waals surface area (Å²) in [5, 5.41) is 29.6. The summed E-state index contributed by atoms with van der Waals surface area (Å²) in [4.78, 5) is 35.6. The summed E-state index contributed by atoms with van der Waals surface area (Å²) >= 11 is 0. The van der Waals surface area contributed by atoms with E-state index >= 15 is 0 Å². The number of aliphatic hydroxyl groups is 1. The number of nitrogens with two attached hydrogens (primary N) is 1. The largest absolute Gasteiger partial charge is 0.504 e. The van der Waals surface area contributed by atoms with Gasteiger partial charge in [0.2, 0.25) is 5.91 Å². The molecule has 2 aromatic rings. The third-order valence-corrected chi connectivity index (χ3v) is 28.5. The second kappa shape index (κ2) is 19.9. The Morgan fingerprint density at radius 3 is 2.41 bits per heavy atom. The first-order chi connectivity index (χ1) is 37.8. The number of aromatic hydroxyl groups is 1. The van der Waals surface area contributed by atoms with Gasteiger partial charge >= 0.3 is 5.97 Å². The third kappa shape index (κ3) is 8.41. The molecule has 8 saturated carbocycles. The predicted molar refractivity (Wildman–Crippen MR) is 311 cm³/mol. The lowest BCUT2D eigenvalue weighted by molar-refractivity contribution is -0.172. The fourth-order valence-electron chi connectivity index (χ4n) is 21.7. The van der Waals surface area contributed by atoms with Crippen LogP contribution in [0.15, 0.2) is 53.5 Å². The van der Waals surface area contributed by atoms with Crippen LogP contribution < -0.4 is 15.8 Å². The Hall–Kier alpha value is -3.35. The van der Waals surface area contributed by atoms with E-state index < -0.39 is 17.3 Å². The third-order valence-electron chi connectivity index (χ3n) is 25.2. The van der Waals surface area contributed by atoms with Crippen LogP contribution in [0.2, 0.25) is 0 Å². The number of aryl methyl sites for hydroxylation is 1. The number of nitrogens with zero attached hydrogens (tertiary/aromatic N) is 2. The van der Waals surface area contributed by atoms with Crippen LogP contribution in [-0.4, -0.2) is 74.0 Å². The minimum Gasteiger partial charge on any atom is -0.504 e. The molecule has 13 atom stereocenters. The molecule has 0 radical (unpaired) electrons. The number of phenolic OH excluding ortho intramolecular Hbond substituents is 1. The van der Waals surface area contributed by atoms with Crippen LogP contribution >= 0.6 is 21.6 Å². The van der Waals surface area contributed by atoms with Gasteiger partial charge in [0.05, 0.1) is 6.10 Å². The molecule has 6 heterocycles. The zero-order valence-electron chi connectivity index (χ0n) is 46.9. The first-order valence-corrected chi connectivity index (χ1v) is 34.0. The highest BCUT2D eigenvalue weighted by atomic mass is 33.1. The first kappa shape index (κ1) is 52.7. The number of ether oxygens (including phenoxy) is 2. The van der Waals surface area contributed by atoms with Gasteiger partial charge in [0.25, 0.3) is 0 Å². The van der Waals surface area contributed by atoms with E-state index in [1.54, 1.807) is 6.92 Å². The molecule has 12 heteroatoms. The Morgan fingerprint density at radius 1 is 0.833 bits per heavy atom. The highest BCUT2D eigenvalue weighted by Crippen LogP contribution is 2.72. The van der Waals surface area contributed by atoms with Crippen LogP contribution in [0.4, 0.5) is 0 Å². The van der Waals surface area contributed by atoms with Gasteiger partial charge < -0.3 is 35.6 Å². The molecule has 78 heavy (non-hydrogen) atoms. The van der Waals surface area contributed by atoms with Crippen LogP contribution in [0.5, 0.6) is 11.5 Å². The van der Waals surface area contributed by atoms with Gasteiger partial charge in [-0.3, -0.25) is 14.6 Å². The molecular weight excluding hydrogens is 1010 g/mol. The summed E-state index contributed by atoms with van der Waals surface area (Å²) < 4.78 is 13.8. The van der Waals surface area contributed by atoms with E-state index in [9.17, 15) is 19.8 Å². The van der Waals surface area contributed by atoms with E-state index in [0.717, 1.165) is 80.9 Å². The topological polar surface area (TPSA) is 147 Å². The molecule has 9 aliphatic carbocycles. The van der Waals surface area contributed by atoms with Crippen molar-refractivity contribution < 1.29 is 29.3 Å². The van der Waals surface area contributed by atoms with E-state index in [-0.39, 0.29) is 63.5 Å². The summed E-state index contributed by atoms with van der Waals surface area (Å²) in [5.74, 6) is 4.45. The summed E-state index contributed by atoms with van der Waals surface area (Å²) in [5.41, 5.74) is 10.8. The van der Waals surface area contributed by atoms with Gasteiger partial charge in [0.15, 0.2) is 17.5 Å². The Kier molecular flexibility index (Phi) is 13.5. The monoisotopic (exact) mass is 1100 g/mol. The Bertz CT molecular complexity index is 2690. The van der Waals surface area contributed by atoms with Crippen molar-refractivity contribution in [2.45, 2.75) is 234 Å². The molecule has 6 aliphatic heterocycles. The van der Waals surface area contributed by atoms with Crippen LogP contribution in [0, 0.1) is 51.2 Å². The van der Waals surface area contributed by atoms with Crippen LogP contribution in [0.3, 0.4) is 0 Å². The Balaban J connectivity index is 0.859. The number of fused-ring (bicyclic) bond motifs is 1. The molecule has 422 valence electrons. The number of carbonyl (C=O) groups is 2. The van der Waals surface area contributed by atoms with Crippen molar-refractivity contribution in [1.29, 1.82) is 0 Å². The molecule has 5 N–H and O–H groups in total. The van der Waals surface area contributed by atoms with Crippen LogP contribution in [-0.2, 0) is 27.3 Å². The van der Waals surface area contributed by atoms with Crippen molar-refractivity contribution in [1.82, 2.24) is 10.2 Å². The Morgan fingerprint density at radius 2 is 1.60 bits per heavy atom. The van der Waals surface area contributed by atoms with E-state index in [4.69, 9.17) is 20.2 Å². The van der Waals surface area contributed by atoms with Gasteiger partial charge in [-0.1, -0.05) is 90.1 Å². The Labute approximate surface area is 473 Å². The van der Waals surface area contributed by atoms with E-state index in [1.807, 2.05) is 4.90 Å². The van der Waals surface area contributed by atoms with Crippen molar-refractivity contribution >= 4 is 39.4 Å². The van der Waals surface area contributed by atoms with E-state index in [2.05, 4.69) is 75.5 Å². The summed E-state index contributed by atoms with van der Waals surface area (Å²) in [7, 11) is 4.30. The standard InChI is InChI=1S/C66H90N4O6S2/c1-43(71)75-62-31-19-45-34-48(57(74)58-56(45)46-20-33-65(76-58)29-9-14-49(65)35-46)40-70-42-63(38-55(70)73)50(17-18-53(63)44-12-3-2-4-13-44)39-68-59(67)69-66(30-11-27-61(66)24-7-8-25-61)78-77-41-51-16-15-47(52(21-32-62)54(72)37-62)36-64(51)28-10-26-60(64)22-5-6-23-60/h2-4,12-13,20,33-34,46-47,49-54,72,74H,5-11,14-19,21-32,35-42H2,1H3,(H3,67,68,69)/t46-,47+,49+,50-,51+,52-,53-,54+,62-,63-,64+,65+,66-/m0/s1. The minimum absolute atomic E-state index is 0.0931. The molecule has 17 rings (SSSR count). The maximum atomic E-state index is 15.0. The number of phenols is 1. The number of amides is 1. The minimum atomic E-state index is -0.802. The number of allylic oxidation sites excluding steroid dienone is 1. The van der Waals surface area contributed by atoms with Crippen LogP contribution in [0.1, 0.15) is 221 Å². The lowest BCUT2D eigenvalue weighted by Gasteiger charge is -2.56. The fourth-order valence-corrected chi connectivity index (χ4v) is 25.6. The number of hydrogen-bond donors (Lipinski definition) is 4. The lowest BCUT2D eigenvalue weighted by atomic mass is 9.50. The molecule has 10 bridgehead atoms. The van der Waals surface area contributed by atoms with E-state index in [1.165, 1.54) is 108 Å². The highest BCUT2D eigenvalue weighted by Gasteiger charge is 2.63. The SMILES string of the molecule is CC(=O)O[C@@]12CCc3cc(c(O)c4c3[C@H]3C=C[C@@]5(CCC[C@@H]5C3)O4)CN3C[C@@]4(CC3=O)[C@@H](CC[C@H]4c3ccccc3)CN=C(N)N[C@@]3(CCCC34CCCC4)SSC[C@H]3CC[C@H](C[C@]34CCCC43CCCC3)[C@H](CC1)[C@H](O)C2. The highest BCUT2D eigenvalue weighted by molar-refractivity contribution is 8.77. The molecule has 1 saturated heterocycles. The molecule has 6 spiro atoms. The summed E-state index contributed by atoms with van der Waals surface area (Å²) in [6.07, 6.45) is 35.6. The number of carbonyl (C=O) groups excluding carboxylic acids is 2. The molecule has 0 unspecified atom stereocenters. The average molecular weight is 1100 g/mol. The number of esters is 1. The molecule has 9 fully saturated rings. The molecule has 1 amide bonds. The van der Waals surface area contributed by atoms with Gasteiger partial charge in [-0.05, 0) is 205 Å². The number of benzene rings is 2. The van der Waals surface area contributed by atoms with Crippen molar-refractivity contribution in [2.75, 3.05) is 18.8 Å². The lowest BCUT2D eigenvalue weighted by Crippen LogP contribution is -2.56. The van der Waals surface area contributed by atoms with E-state index in [0.29, 0.717) is 79.1 Å². The second-order valence-electron chi connectivity index (χ2n) is 28.4.